The maximum Gasteiger partial charge on any atom is 1.00 e. The maximum absolute atomic E-state index is 12.0. The van der Waals surface area contributed by atoms with Crippen molar-refractivity contribution in [2.75, 3.05) is 7.11 Å². The second-order valence-electron chi connectivity index (χ2n) is 3.60. The van der Waals surface area contributed by atoms with E-state index in [4.69, 9.17) is 4.74 Å². The van der Waals surface area contributed by atoms with Gasteiger partial charge in [-0.05, 0) is 25.7 Å². The molecule has 0 aromatic rings. The Labute approximate surface area is 131 Å². The van der Waals surface area contributed by atoms with E-state index in [0.29, 0.717) is 12.8 Å². The van der Waals surface area contributed by atoms with Crippen LogP contribution in [0.4, 0.5) is 12.9 Å². The summed E-state index contributed by atoms with van der Waals surface area (Å²) in [6.07, 6.45) is 4.08. The van der Waals surface area contributed by atoms with Crippen LogP contribution in [0, 0.1) is 11.7 Å². The van der Waals surface area contributed by atoms with E-state index in [2.05, 4.69) is 5.92 Å². The second kappa shape index (κ2) is 6.68. The molecule has 0 N–H and O–H groups in total. The molecule has 0 aromatic heterocycles. The number of ether oxygens (including phenoxy) is 1. The molecule has 1 aliphatic carbocycles. The molecule has 15 heavy (non-hydrogen) atoms. The third-order valence-corrected chi connectivity index (χ3v) is 2.52. The van der Waals surface area contributed by atoms with Gasteiger partial charge in [0.25, 0.3) is 0 Å². The van der Waals surface area contributed by atoms with Gasteiger partial charge >= 0.3 is 58.4 Å². The summed E-state index contributed by atoms with van der Waals surface area (Å²) in [5.74, 6) is 3.63. The predicted octanol–water partition coefficient (Wildman–Crippen LogP) is -0.270. The quantitative estimate of drug-likeness (QED) is 0.456. The van der Waals surface area contributed by atoms with Crippen LogP contribution in [0.2, 0.25) is 0 Å². The molecule has 0 atom stereocenters. The zero-order valence-electron chi connectivity index (χ0n) is 9.16. The van der Waals surface area contributed by atoms with Gasteiger partial charge in [0.05, 0.1) is 0 Å². The SMILES string of the molecule is COC1(C#C[B-](F)(F)F)CCCCC1.[K+]. The molecule has 0 heterocycles. The minimum absolute atomic E-state index is 0. The van der Waals surface area contributed by atoms with Crippen molar-refractivity contribution < 1.29 is 69.1 Å². The molecule has 0 aliphatic heterocycles. The molecule has 1 saturated carbocycles. The Hall–Kier alpha value is 1.01. The molecule has 0 unspecified atom stereocenters. The minimum atomic E-state index is -5.01. The summed E-state index contributed by atoms with van der Waals surface area (Å²) in [4.78, 5) is 0. The Kier molecular flexibility index (Phi) is 7.13. The molecule has 1 aliphatic rings. The van der Waals surface area contributed by atoms with Gasteiger partial charge in [0.2, 0.25) is 0 Å². The normalized spacial score (nSPS) is 19.7. The van der Waals surface area contributed by atoms with Gasteiger partial charge in [0.15, 0.2) is 0 Å². The summed E-state index contributed by atoms with van der Waals surface area (Å²) in [6.45, 7) is -5.01. The molecular weight excluding hydrogens is 231 g/mol. The van der Waals surface area contributed by atoms with Gasteiger partial charge in [-0.3, -0.25) is 0 Å². The Morgan fingerprint density at radius 1 is 1.13 bits per heavy atom. The van der Waals surface area contributed by atoms with Crippen molar-refractivity contribution in [1.82, 2.24) is 0 Å². The predicted molar refractivity (Wildman–Crippen MR) is 49.7 cm³/mol. The van der Waals surface area contributed by atoms with Gasteiger partial charge in [-0.15, -0.1) is 5.92 Å². The molecule has 1 nitrogen and oxygen atoms in total. The number of hydrogen-bond donors (Lipinski definition) is 0. The van der Waals surface area contributed by atoms with Crippen LogP contribution in [0.15, 0.2) is 0 Å². The van der Waals surface area contributed by atoms with Crippen LogP contribution in [0.25, 0.3) is 0 Å². The van der Waals surface area contributed by atoms with Crippen LogP contribution in [-0.4, -0.2) is 19.7 Å². The topological polar surface area (TPSA) is 9.23 Å². The Morgan fingerprint density at radius 3 is 2.07 bits per heavy atom. The van der Waals surface area contributed by atoms with E-state index in [1.54, 1.807) is 0 Å². The molecule has 0 bridgehead atoms. The van der Waals surface area contributed by atoms with Crippen molar-refractivity contribution >= 4 is 6.98 Å². The Morgan fingerprint density at radius 2 is 1.67 bits per heavy atom. The number of methoxy groups -OCH3 is 1. The van der Waals surface area contributed by atoms with Crippen LogP contribution in [0.5, 0.6) is 0 Å². The van der Waals surface area contributed by atoms with Crippen LogP contribution in [0.1, 0.15) is 32.1 Å². The summed E-state index contributed by atoms with van der Waals surface area (Å²) >= 11 is 0. The van der Waals surface area contributed by atoms with Gasteiger partial charge in [0.1, 0.15) is 5.60 Å². The molecule has 0 spiro atoms. The zero-order valence-corrected chi connectivity index (χ0v) is 12.3. The van der Waals surface area contributed by atoms with E-state index in [1.807, 2.05) is 0 Å². The first-order chi connectivity index (χ1) is 6.47. The fourth-order valence-corrected chi connectivity index (χ4v) is 1.72. The molecule has 6 heteroatoms. The molecular formula is C9H13BF3KO. The Balaban J connectivity index is 0.00000196. The standard InChI is InChI=1S/C9H13BF3O.K/c1-14-9(5-3-2-4-6-9)7-8-10(11,12)13;/h2-6H2,1H3;/q-1;+1. The van der Waals surface area contributed by atoms with Crippen molar-refractivity contribution in [2.24, 2.45) is 0 Å². The number of rotatable bonds is 1. The third kappa shape index (κ3) is 5.76. The van der Waals surface area contributed by atoms with E-state index in [-0.39, 0.29) is 51.4 Å². The van der Waals surface area contributed by atoms with Crippen molar-refractivity contribution in [3.8, 4) is 11.7 Å². The molecule has 0 radical (unpaired) electrons. The maximum atomic E-state index is 12.0. The average molecular weight is 244 g/mol. The largest absolute Gasteiger partial charge is 1.00 e. The molecule has 1 fully saturated rings. The first kappa shape index (κ1) is 16.0. The smallest absolute Gasteiger partial charge is 0.438 e. The molecule has 80 valence electrons. The van der Waals surface area contributed by atoms with E-state index >= 15 is 0 Å². The van der Waals surface area contributed by atoms with Gasteiger partial charge < -0.3 is 17.7 Å². The van der Waals surface area contributed by atoms with E-state index < -0.39 is 12.6 Å². The number of halogens is 3. The number of hydrogen-bond acceptors (Lipinski definition) is 1. The second-order valence-corrected chi connectivity index (χ2v) is 3.60. The fraction of sp³-hybridized carbons (Fsp3) is 0.778. The fourth-order valence-electron chi connectivity index (χ4n) is 1.72. The zero-order chi connectivity index (χ0) is 10.7. The van der Waals surface area contributed by atoms with Gasteiger partial charge in [-0.25, -0.2) is 0 Å². The average Bonchev–Trinajstić information content (AvgIpc) is 2.15. The summed E-state index contributed by atoms with van der Waals surface area (Å²) in [5, 5.41) is 0. The summed E-state index contributed by atoms with van der Waals surface area (Å²) in [6, 6.07) is 0. The minimum Gasteiger partial charge on any atom is -0.438 e. The van der Waals surface area contributed by atoms with E-state index in [0.717, 1.165) is 19.3 Å². The molecule has 0 saturated heterocycles. The van der Waals surface area contributed by atoms with Crippen LogP contribution >= 0.6 is 0 Å². The van der Waals surface area contributed by atoms with Crippen LogP contribution in [-0.2, 0) is 4.74 Å². The molecule has 0 amide bonds. The van der Waals surface area contributed by atoms with Crippen LogP contribution in [0.3, 0.4) is 0 Å². The van der Waals surface area contributed by atoms with Crippen molar-refractivity contribution in [2.45, 2.75) is 37.7 Å². The molecule has 1 rings (SSSR count). The third-order valence-electron chi connectivity index (χ3n) is 2.52. The summed E-state index contributed by atoms with van der Waals surface area (Å²) in [5.41, 5.74) is -0.838. The summed E-state index contributed by atoms with van der Waals surface area (Å²) < 4.78 is 41.0. The van der Waals surface area contributed by atoms with E-state index in [9.17, 15) is 12.9 Å². The van der Waals surface area contributed by atoms with Crippen LogP contribution < -0.4 is 51.4 Å². The monoisotopic (exact) mass is 244 g/mol. The summed E-state index contributed by atoms with van der Waals surface area (Å²) in [7, 11) is 1.43. The first-order valence-electron chi connectivity index (χ1n) is 4.76. The van der Waals surface area contributed by atoms with Crippen molar-refractivity contribution in [3.05, 3.63) is 0 Å². The Bertz CT molecular complexity index is 250. The van der Waals surface area contributed by atoms with Crippen molar-refractivity contribution in [3.63, 3.8) is 0 Å². The first-order valence-corrected chi connectivity index (χ1v) is 4.76. The van der Waals surface area contributed by atoms with Gasteiger partial charge in [0, 0.05) is 7.11 Å². The van der Waals surface area contributed by atoms with Gasteiger partial charge in [-0.2, -0.15) is 5.82 Å². The van der Waals surface area contributed by atoms with E-state index in [1.165, 1.54) is 12.9 Å². The van der Waals surface area contributed by atoms with Crippen molar-refractivity contribution in [1.29, 1.82) is 0 Å². The molecule has 0 aromatic carbocycles. The van der Waals surface area contributed by atoms with Gasteiger partial charge in [-0.1, -0.05) is 6.42 Å².